The topological polar surface area (TPSA) is 38.3 Å². The molecule has 5 heteroatoms. The summed E-state index contributed by atoms with van der Waals surface area (Å²) in [7, 11) is 0. The Bertz CT molecular complexity index is 641. The number of hydrogen-bond acceptors (Lipinski definition) is 2. The van der Waals surface area contributed by atoms with E-state index < -0.39 is 17.8 Å². The van der Waals surface area contributed by atoms with E-state index in [-0.39, 0.29) is 11.5 Å². The average molecular weight is 291 g/mol. The molecule has 3 nitrogen and oxygen atoms in total. The second-order valence-electron chi connectivity index (χ2n) is 4.69. The highest BCUT2D eigenvalue weighted by Crippen LogP contribution is 2.17. The predicted octanol–water partition coefficient (Wildman–Crippen LogP) is 3.68. The van der Waals surface area contributed by atoms with E-state index in [2.05, 4.69) is 5.32 Å². The Labute approximate surface area is 121 Å². The van der Waals surface area contributed by atoms with Gasteiger partial charge < -0.3 is 10.1 Å². The first-order valence-electron chi connectivity index (χ1n) is 6.45. The van der Waals surface area contributed by atoms with Crippen LogP contribution in [-0.2, 0) is 4.79 Å². The van der Waals surface area contributed by atoms with Crippen molar-refractivity contribution < 1.29 is 18.3 Å². The smallest absolute Gasteiger partial charge is 0.265 e. The van der Waals surface area contributed by atoms with Gasteiger partial charge in [-0.2, -0.15) is 0 Å². The van der Waals surface area contributed by atoms with Crippen LogP contribution in [0.5, 0.6) is 5.75 Å². The van der Waals surface area contributed by atoms with Gasteiger partial charge in [0.2, 0.25) is 0 Å². The molecule has 0 aliphatic carbocycles. The lowest BCUT2D eigenvalue weighted by Crippen LogP contribution is -2.30. The third-order valence-corrected chi connectivity index (χ3v) is 2.88. The minimum absolute atomic E-state index is 0.0974. The summed E-state index contributed by atoms with van der Waals surface area (Å²) in [6.45, 7) is 3.29. The van der Waals surface area contributed by atoms with E-state index in [9.17, 15) is 13.6 Å². The van der Waals surface area contributed by atoms with Gasteiger partial charge in [0.1, 0.15) is 17.4 Å². The number of hydrogen-bond donors (Lipinski definition) is 1. The highest BCUT2D eigenvalue weighted by Gasteiger charge is 2.16. The minimum Gasteiger partial charge on any atom is -0.481 e. The lowest BCUT2D eigenvalue weighted by atomic mass is 10.2. The summed E-state index contributed by atoms with van der Waals surface area (Å²) in [4.78, 5) is 11.9. The van der Waals surface area contributed by atoms with Crippen molar-refractivity contribution in [2.45, 2.75) is 20.0 Å². The van der Waals surface area contributed by atoms with Crippen LogP contribution < -0.4 is 10.1 Å². The number of ether oxygens (including phenoxy) is 1. The van der Waals surface area contributed by atoms with Gasteiger partial charge in [-0.1, -0.05) is 6.07 Å². The summed E-state index contributed by atoms with van der Waals surface area (Å²) in [5, 5.41) is 2.46. The summed E-state index contributed by atoms with van der Waals surface area (Å²) >= 11 is 0. The van der Waals surface area contributed by atoms with E-state index in [0.29, 0.717) is 5.75 Å². The molecule has 0 radical (unpaired) electrons. The first-order chi connectivity index (χ1) is 9.95. The molecule has 0 aliphatic rings. The van der Waals surface area contributed by atoms with Crippen molar-refractivity contribution in [1.82, 2.24) is 0 Å². The van der Waals surface area contributed by atoms with Gasteiger partial charge in [0, 0.05) is 0 Å². The van der Waals surface area contributed by atoms with Crippen LogP contribution in [0.3, 0.4) is 0 Å². The van der Waals surface area contributed by atoms with E-state index in [1.807, 2.05) is 0 Å². The van der Waals surface area contributed by atoms with Crippen molar-refractivity contribution >= 4 is 11.6 Å². The molecule has 2 rings (SSSR count). The van der Waals surface area contributed by atoms with Crippen LogP contribution in [0.1, 0.15) is 12.5 Å². The molecule has 0 saturated heterocycles. The fraction of sp³-hybridized carbons (Fsp3) is 0.188. The van der Waals surface area contributed by atoms with Gasteiger partial charge in [0.05, 0.1) is 5.69 Å². The molecule has 0 saturated carbocycles. The number of benzene rings is 2. The third kappa shape index (κ3) is 4.02. The fourth-order valence-corrected chi connectivity index (χ4v) is 1.73. The maximum atomic E-state index is 13.6. The molecule has 1 N–H and O–H groups in total. The molecule has 0 heterocycles. The van der Waals surface area contributed by atoms with E-state index in [1.165, 1.54) is 43.3 Å². The molecule has 1 amide bonds. The molecule has 1 unspecified atom stereocenters. The van der Waals surface area contributed by atoms with Crippen LogP contribution in [0.15, 0.2) is 42.5 Å². The van der Waals surface area contributed by atoms with Crippen molar-refractivity contribution in [3.05, 3.63) is 59.7 Å². The highest BCUT2D eigenvalue weighted by atomic mass is 19.1. The number of carbonyl (C=O) groups is 1. The summed E-state index contributed by atoms with van der Waals surface area (Å²) < 4.78 is 31.8. The normalized spacial score (nSPS) is 11.8. The van der Waals surface area contributed by atoms with Crippen LogP contribution in [0.4, 0.5) is 14.5 Å². The van der Waals surface area contributed by atoms with Crippen LogP contribution in [-0.4, -0.2) is 12.0 Å². The molecular weight excluding hydrogens is 276 g/mol. The van der Waals surface area contributed by atoms with Gasteiger partial charge in [-0.05, 0) is 55.8 Å². The molecule has 110 valence electrons. The molecule has 2 aromatic carbocycles. The zero-order valence-electron chi connectivity index (χ0n) is 11.7. The summed E-state index contributed by atoms with van der Waals surface area (Å²) in [6.07, 6.45) is -0.837. The Morgan fingerprint density at radius 1 is 1.14 bits per heavy atom. The number of nitrogens with one attached hydrogen (secondary N) is 1. The zero-order valence-corrected chi connectivity index (χ0v) is 11.7. The summed E-state index contributed by atoms with van der Waals surface area (Å²) in [5.41, 5.74) is 0.862. The van der Waals surface area contributed by atoms with E-state index in [4.69, 9.17) is 4.74 Å². The van der Waals surface area contributed by atoms with Crippen LogP contribution in [0.2, 0.25) is 0 Å². The van der Waals surface area contributed by atoms with Crippen LogP contribution >= 0.6 is 0 Å². The van der Waals surface area contributed by atoms with Crippen molar-refractivity contribution in [1.29, 1.82) is 0 Å². The van der Waals surface area contributed by atoms with Crippen molar-refractivity contribution in [3.63, 3.8) is 0 Å². The lowest BCUT2D eigenvalue weighted by Gasteiger charge is -2.15. The Morgan fingerprint density at radius 2 is 1.81 bits per heavy atom. The molecule has 0 bridgehead atoms. The van der Waals surface area contributed by atoms with E-state index in [0.717, 1.165) is 5.56 Å². The number of rotatable bonds is 4. The Morgan fingerprint density at radius 3 is 2.43 bits per heavy atom. The maximum Gasteiger partial charge on any atom is 0.265 e. The number of halogens is 2. The molecule has 0 aromatic heterocycles. The van der Waals surface area contributed by atoms with Gasteiger partial charge >= 0.3 is 0 Å². The standard InChI is InChI=1S/C16H15F2NO2/c1-10-3-8-15(14(18)9-10)19-16(20)11(2)21-13-6-4-12(17)5-7-13/h3-9,11H,1-2H3,(H,19,20). The van der Waals surface area contributed by atoms with Gasteiger partial charge in [-0.25, -0.2) is 8.78 Å². The van der Waals surface area contributed by atoms with E-state index >= 15 is 0 Å². The lowest BCUT2D eigenvalue weighted by molar-refractivity contribution is -0.122. The Kier molecular flexibility index (Phi) is 4.52. The molecule has 2 aromatic rings. The van der Waals surface area contributed by atoms with Crippen molar-refractivity contribution in [2.75, 3.05) is 5.32 Å². The third-order valence-electron chi connectivity index (χ3n) is 2.88. The van der Waals surface area contributed by atoms with Gasteiger partial charge in [-0.3, -0.25) is 4.79 Å². The molecular formula is C16H15F2NO2. The SMILES string of the molecule is Cc1ccc(NC(=O)C(C)Oc2ccc(F)cc2)c(F)c1. The number of carbonyl (C=O) groups excluding carboxylic acids is 1. The fourth-order valence-electron chi connectivity index (χ4n) is 1.73. The summed E-state index contributed by atoms with van der Waals surface area (Å²) in [5.74, 6) is -1.01. The quantitative estimate of drug-likeness (QED) is 0.933. The number of amides is 1. The van der Waals surface area contributed by atoms with Gasteiger partial charge in [-0.15, -0.1) is 0 Å². The van der Waals surface area contributed by atoms with Gasteiger partial charge in [0.25, 0.3) is 5.91 Å². The van der Waals surface area contributed by atoms with Crippen molar-refractivity contribution in [2.24, 2.45) is 0 Å². The second-order valence-corrected chi connectivity index (χ2v) is 4.69. The monoisotopic (exact) mass is 291 g/mol. The number of aryl methyl sites for hydroxylation is 1. The summed E-state index contributed by atoms with van der Waals surface area (Å²) in [6, 6.07) is 9.84. The maximum absolute atomic E-state index is 13.6. The molecule has 1 atom stereocenters. The Balaban J connectivity index is 2.00. The first kappa shape index (κ1) is 15.0. The second kappa shape index (κ2) is 6.35. The first-order valence-corrected chi connectivity index (χ1v) is 6.45. The van der Waals surface area contributed by atoms with Gasteiger partial charge in [0.15, 0.2) is 6.10 Å². The number of anilines is 1. The highest BCUT2D eigenvalue weighted by molar-refractivity contribution is 5.94. The predicted molar refractivity (Wildman–Crippen MR) is 76.3 cm³/mol. The molecule has 21 heavy (non-hydrogen) atoms. The average Bonchev–Trinajstić information content (AvgIpc) is 2.44. The van der Waals surface area contributed by atoms with E-state index in [1.54, 1.807) is 13.0 Å². The largest absolute Gasteiger partial charge is 0.481 e. The van der Waals surface area contributed by atoms with Crippen LogP contribution in [0.25, 0.3) is 0 Å². The van der Waals surface area contributed by atoms with Crippen molar-refractivity contribution in [3.8, 4) is 5.75 Å². The molecule has 0 aliphatic heterocycles. The Hall–Kier alpha value is -2.43. The zero-order chi connectivity index (χ0) is 15.4. The van der Waals surface area contributed by atoms with Crippen LogP contribution in [0, 0.1) is 18.6 Å². The molecule has 0 fully saturated rings. The molecule has 0 spiro atoms. The minimum atomic E-state index is -0.837.